The Kier molecular flexibility index (Phi) is 5.94. The van der Waals surface area contributed by atoms with Crippen LogP contribution >= 0.6 is 0 Å². The highest BCUT2D eigenvalue weighted by Crippen LogP contribution is 2.20. The topological polar surface area (TPSA) is 71.1 Å². The number of rotatable bonds is 7. The van der Waals surface area contributed by atoms with Gasteiger partial charge in [-0.15, -0.1) is 0 Å². The predicted molar refractivity (Wildman–Crippen MR) is 110 cm³/mol. The lowest BCUT2D eigenvalue weighted by Crippen LogP contribution is -2.15. The molecule has 0 unspecified atom stereocenters. The molecule has 0 aliphatic rings. The van der Waals surface area contributed by atoms with Crippen LogP contribution in [0.5, 0.6) is 0 Å². The highest BCUT2D eigenvalue weighted by Gasteiger charge is 2.17. The zero-order valence-electron chi connectivity index (χ0n) is 15.7. The molecular formula is C21H22FN3O2S. The number of aryl methyl sites for hydroxylation is 2. The number of pyridine rings is 1. The maximum atomic E-state index is 13.6. The van der Waals surface area contributed by atoms with Crippen molar-refractivity contribution in [2.24, 2.45) is 0 Å². The zero-order chi connectivity index (χ0) is 20.1. The molecule has 0 atom stereocenters. The summed E-state index contributed by atoms with van der Waals surface area (Å²) in [6, 6.07) is 15.1. The van der Waals surface area contributed by atoms with Crippen molar-refractivity contribution >= 4 is 21.5 Å². The summed E-state index contributed by atoms with van der Waals surface area (Å²) in [6.07, 6.45) is 2.08. The third-order valence-electron chi connectivity index (χ3n) is 4.30. The smallest absolute Gasteiger partial charge is 0.263 e. The van der Waals surface area contributed by atoms with Gasteiger partial charge in [-0.05, 0) is 55.7 Å². The minimum Gasteiger partial charge on any atom is -0.383 e. The Morgan fingerprint density at radius 1 is 1.04 bits per heavy atom. The zero-order valence-corrected chi connectivity index (χ0v) is 16.6. The van der Waals surface area contributed by atoms with E-state index in [1.807, 2.05) is 13.0 Å². The first-order valence-electron chi connectivity index (χ1n) is 8.88. The Labute approximate surface area is 164 Å². The second-order valence-corrected chi connectivity index (χ2v) is 8.23. The maximum absolute atomic E-state index is 13.6. The minimum atomic E-state index is -3.71. The van der Waals surface area contributed by atoms with Gasteiger partial charge in [0.1, 0.15) is 11.6 Å². The van der Waals surface area contributed by atoms with Crippen LogP contribution in [-0.2, 0) is 16.4 Å². The molecule has 0 aliphatic heterocycles. The third kappa shape index (κ3) is 4.86. The summed E-state index contributed by atoms with van der Waals surface area (Å²) in [7, 11) is -3.71. The molecule has 0 fully saturated rings. The Morgan fingerprint density at radius 2 is 1.82 bits per heavy atom. The number of hydrogen-bond donors (Lipinski definition) is 2. The van der Waals surface area contributed by atoms with E-state index in [1.54, 1.807) is 55.6 Å². The molecule has 1 aromatic heterocycles. The van der Waals surface area contributed by atoms with Crippen LogP contribution in [0, 0.1) is 19.7 Å². The number of sulfonamides is 1. The highest BCUT2D eigenvalue weighted by molar-refractivity contribution is 7.92. The number of nitrogens with one attached hydrogen (secondary N) is 2. The van der Waals surface area contributed by atoms with Crippen LogP contribution in [0.4, 0.5) is 15.9 Å². The summed E-state index contributed by atoms with van der Waals surface area (Å²) in [5, 5.41) is 3.15. The lowest BCUT2D eigenvalue weighted by molar-refractivity contribution is 0.600. The second-order valence-electron chi connectivity index (χ2n) is 6.57. The standard InChI is InChI=1S/C21H22FN3O2S/c1-15-7-9-20(16(2)13-15)28(26,27)25-21-10-8-18(14-24-21)23-12-11-17-5-3-4-6-19(17)22/h3-10,13-14,23H,11-12H2,1-2H3,(H,24,25). The number of aromatic nitrogens is 1. The van der Waals surface area contributed by atoms with E-state index in [4.69, 9.17) is 0 Å². The van der Waals surface area contributed by atoms with Gasteiger partial charge >= 0.3 is 0 Å². The lowest BCUT2D eigenvalue weighted by atomic mass is 10.1. The molecule has 5 nitrogen and oxygen atoms in total. The van der Waals surface area contributed by atoms with Crippen LogP contribution in [0.15, 0.2) is 65.7 Å². The summed E-state index contributed by atoms with van der Waals surface area (Å²) in [6.45, 7) is 4.21. The van der Waals surface area contributed by atoms with Gasteiger partial charge in [-0.3, -0.25) is 4.72 Å². The molecule has 146 valence electrons. The Morgan fingerprint density at radius 3 is 2.50 bits per heavy atom. The molecule has 28 heavy (non-hydrogen) atoms. The molecule has 2 N–H and O–H groups in total. The fourth-order valence-corrected chi connectivity index (χ4v) is 4.13. The quantitative estimate of drug-likeness (QED) is 0.622. The van der Waals surface area contributed by atoms with Gasteiger partial charge in [0.05, 0.1) is 16.8 Å². The van der Waals surface area contributed by atoms with Gasteiger partial charge in [-0.25, -0.2) is 17.8 Å². The molecule has 3 rings (SSSR count). The van der Waals surface area contributed by atoms with Crippen molar-refractivity contribution in [2.75, 3.05) is 16.6 Å². The molecule has 0 amide bonds. The van der Waals surface area contributed by atoms with E-state index in [0.717, 1.165) is 11.3 Å². The van der Waals surface area contributed by atoms with Gasteiger partial charge < -0.3 is 5.32 Å². The van der Waals surface area contributed by atoms with E-state index >= 15 is 0 Å². The summed E-state index contributed by atoms with van der Waals surface area (Å²) in [4.78, 5) is 4.38. The van der Waals surface area contributed by atoms with Crippen molar-refractivity contribution in [3.8, 4) is 0 Å². The average Bonchev–Trinajstić information content (AvgIpc) is 2.64. The summed E-state index contributed by atoms with van der Waals surface area (Å²) in [5.74, 6) is 0.0122. The molecule has 0 bridgehead atoms. The molecule has 0 spiro atoms. The number of benzene rings is 2. The van der Waals surface area contributed by atoms with Crippen LogP contribution in [0.1, 0.15) is 16.7 Å². The van der Waals surface area contributed by atoms with Gasteiger partial charge in [0.2, 0.25) is 0 Å². The summed E-state index contributed by atoms with van der Waals surface area (Å²) >= 11 is 0. The molecule has 3 aromatic rings. The monoisotopic (exact) mass is 399 g/mol. The minimum absolute atomic E-state index is 0.224. The second kappa shape index (κ2) is 8.39. The fourth-order valence-electron chi connectivity index (χ4n) is 2.89. The SMILES string of the molecule is Cc1ccc(S(=O)(=O)Nc2ccc(NCCc3ccccc3F)cn2)c(C)c1. The highest BCUT2D eigenvalue weighted by atomic mass is 32.2. The van der Waals surface area contributed by atoms with Crippen molar-refractivity contribution in [3.63, 3.8) is 0 Å². The van der Waals surface area contributed by atoms with Crippen molar-refractivity contribution in [1.29, 1.82) is 0 Å². The molecular weight excluding hydrogens is 377 g/mol. The van der Waals surface area contributed by atoms with Crippen LogP contribution in [0.25, 0.3) is 0 Å². The lowest BCUT2D eigenvalue weighted by Gasteiger charge is -2.11. The van der Waals surface area contributed by atoms with Crippen molar-refractivity contribution in [2.45, 2.75) is 25.2 Å². The van der Waals surface area contributed by atoms with Crippen molar-refractivity contribution in [3.05, 3.63) is 83.3 Å². The van der Waals surface area contributed by atoms with Crippen LogP contribution in [0.2, 0.25) is 0 Å². The van der Waals surface area contributed by atoms with Crippen LogP contribution in [-0.4, -0.2) is 19.9 Å². The Bertz CT molecular complexity index is 1070. The fraction of sp³-hybridized carbons (Fsp3) is 0.190. The number of halogens is 1. The first-order chi connectivity index (χ1) is 13.3. The molecule has 1 heterocycles. The number of hydrogen-bond acceptors (Lipinski definition) is 4. The van der Waals surface area contributed by atoms with E-state index in [1.165, 1.54) is 6.07 Å². The number of nitrogens with zero attached hydrogens (tertiary/aromatic N) is 1. The van der Waals surface area contributed by atoms with Crippen molar-refractivity contribution in [1.82, 2.24) is 4.98 Å². The first-order valence-corrected chi connectivity index (χ1v) is 10.4. The maximum Gasteiger partial charge on any atom is 0.263 e. The van der Waals surface area contributed by atoms with E-state index in [0.29, 0.717) is 24.1 Å². The normalized spacial score (nSPS) is 11.2. The molecule has 0 aliphatic carbocycles. The molecule has 0 saturated heterocycles. The van der Waals surface area contributed by atoms with E-state index < -0.39 is 10.0 Å². The Hall–Kier alpha value is -2.93. The Balaban J connectivity index is 1.62. The van der Waals surface area contributed by atoms with Crippen molar-refractivity contribution < 1.29 is 12.8 Å². The molecule has 0 radical (unpaired) electrons. The third-order valence-corrected chi connectivity index (χ3v) is 5.82. The van der Waals surface area contributed by atoms with E-state index in [9.17, 15) is 12.8 Å². The predicted octanol–water partition coefficient (Wildman–Crippen LogP) is 4.29. The molecule has 2 aromatic carbocycles. The van der Waals surface area contributed by atoms with Gasteiger partial charge in [-0.2, -0.15) is 0 Å². The van der Waals surface area contributed by atoms with Gasteiger partial charge in [0, 0.05) is 6.54 Å². The first kappa shape index (κ1) is 19.8. The van der Waals surface area contributed by atoms with E-state index in [-0.39, 0.29) is 16.5 Å². The summed E-state index contributed by atoms with van der Waals surface area (Å²) in [5.41, 5.74) is 3.05. The number of anilines is 2. The van der Waals surface area contributed by atoms with Gasteiger partial charge in [0.25, 0.3) is 10.0 Å². The molecule has 0 saturated carbocycles. The van der Waals surface area contributed by atoms with Gasteiger partial charge in [0.15, 0.2) is 0 Å². The van der Waals surface area contributed by atoms with Crippen LogP contribution < -0.4 is 10.0 Å². The average molecular weight is 399 g/mol. The largest absolute Gasteiger partial charge is 0.383 e. The van der Waals surface area contributed by atoms with E-state index in [2.05, 4.69) is 15.0 Å². The van der Waals surface area contributed by atoms with Gasteiger partial charge in [-0.1, -0.05) is 35.9 Å². The van der Waals surface area contributed by atoms with Crippen LogP contribution in [0.3, 0.4) is 0 Å². The summed E-state index contributed by atoms with van der Waals surface area (Å²) < 4.78 is 41.3. The molecule has 7 heteroatoms.